The van der Waals surface area contributed by atoms with Crippen LogP contribution in [0.4, 0.5) is 4.79 Å². The molecule has 5 aromatic carbocycles. The number of benzene rings is 5. The van der Waals surface area contributed by atoms with Crippen LogP contribution in [0.5, 0.6) is 0 Å². The molecule has 0 unspecified atom stereocenters. The van der Waals surface area contributed by atoms with Crippen LogP contribution < -0.4 is 5.32 Å². The predicted molar refractivity (Wildman–Crippen MR) is 227 cm³/mol. The van der Waals surface area contributed by atoms with Crippen LogP contribution in [0.15, 0.2) is 127 Å². The number of hydrogen-bond acceptors (Lipinski definition) is 4. The Morgan fingerprint density at radius 3 is 2.34 bits per heavy atom. The lowest BCUT2D eigenvalue weighted by Gasteiger charge is -2.46. The van der Waals surface area contributed by atoms with Gasteiger partial charge >= 0.3 is 6.03 Å². The number of ketones is 1. The smallest absolute Gasteiger partial charge is 0.317 e. The zero-order chi connectivity index (χ0) is 39.5. The molecule has 6 nitrogen and oxygen atoms in total. The van der Waals surface area contributed by atoms with E-state index in [1.807, 2.05) is 80.6 Å². The second-order valence-electron chi connectivity index (χ2n) is 16.8. The SMILES string of the molecule is CC1=CCC[C@@]2(C)[C@@H](CC[C@@]2(O)CN(Cc2cccc3ccccc23)C(=O)NC(C)C)c2ccc(cc2C(=O)c2ccc(-c3ccccc3)cc2)C[C@@H](O)CC1. The standard InChI is InChI=1S/C50H56N2O4/c1-34(2)51-48(55)52(32-41-17-10-16-39-15-8-9-18-43(39)41)33-50(56)29-27-46-44-26-20-36(30-42(53)25-19-35(3)12-11-28-49(46,50)4)31-45(44)47(54)40-23-21-38(22-24-40)37-13-6-5-7-14-37/h5-10,12-18,20-24,26,31,34,42,46,53,56H,11,19,25,27-30,32-33H2,1-4H3,(H,51,55)/t42-,46-,49-,50+/m0/s1. The highest BCUT2D eigenvalue weighted by Gasteiger charge is 2.57. The number of nitrogens with zero attached hydrogens (tertiary/aromatic N) is 1. The van der Waals surface area contributed by atoms with Crippen LogP contribution in [0.25, 0.3) is 21.9 Å². The van der Waals surface area contributed by atoms with Crippen molar-refractivity contribution in [1.29, 1.82) is 0 Å². The third kappa shape index (κ3) is 8.23. The molecule has 0 radical (unpaired) electrons. The average molecular weight is 749 g/mol. The van der Waals surface area contributed by atoms with Crippen molar-refractivity contribution >= 4 is 22.6 Å². The van der Waals surface area contributed by atoms with Gasteiger partial charge in [0.15, 0.2) is 5.78 Å². The van der Waals surface area contributed by atoms with Crippen LogP contribution >= 0.6 is 0 Å². The molecule has 1 fully saturated rings. The number of nitrogens with one attached hydrogen (secondary N) is 1. The van der Waals surface area contributed by atoms with Crippen molar-refractivity contribution in [3.63, 3.8) is 0 Å². The molecule has 1 saturated carbocycles. The maximum Gasteiger partial charge on any atom is 0.317 e. The molecule has 4 atom stereocenters. The zero-order valence-corrected chi connectivity index (χ0v) is 33.3. The van der Waals surface area contributed by atoms with Crippen LogP contribution in [0, 0.1) is 5.41 Å². The van der Waals surface area contributed by atoms with Gasteiger partial charge in [-0.15, -0.1) is 0 Å². The Balaban J connectivity index is 1.29. The normalized spacial score (nSPS) is 22.7. The second kappa shape index (κ2) is 16.6. The van der Waals surface area contributed by atoms with E-state index in [1.165, 1.54) is 5.57 Å². The molecule has 290 valence electrons. The lowest BCUT2D eigenvalue weighted by molar-refractivity contribution is -0.0780. The van der Waals surface area contributed by atoms with Gasteiger partial charge in [-0.1, -0.05) is 128 Å². The summed E-state index contributed by atoms with van der Waals surface area (Å²) in [5, 5.41) is 29.6. The Hall–Kier alpha value is -5.04. The number of urea groups is 1. The topological polar surface area (TPSA) is 89.9 Å². The molecule has 2 amide bonds. The first-order valence-corrected chi connectivity index (χ1v) is 20.4. The van der Waals surface area contributed by atoms with Crippen LogP contribution in [0.1, 0.15) is 105 Å². The molecule has 0 heterocycles. The molecule has 0 spiro atoms. The number of carbonyl (C=O) groups is 2. The number of hydrogen-bond donors (Lipinski definition) is 3. The minimum absolute atomic E-state index is 0.0644. The van der Waals surface area contributed by atoms with Gasteiger partial charge in [-0.05, 0) is 116 Å². The van der Waals surface area contributed by atoms with E-state index in [9.17, 15) is 19.8 Å². The predicted octanol–water partition coefficient (Wildman–Crippen LogP) is 10.4. The van der Waals surface area contributed by atoms with Crippen LogP contribution in [0.3, 0.4) is 0 Å². The van der Waals surface area contributed by atoms with E-state index in [4.69, 9.17) is 0 Å². The molecule has 3 aliphatic carbocycles. The molecular formula is C50H56N2O4. The van der Waals surface area contributed by atoms with Crippen LogP contribution in [-0.2, 0) is 13.0 Å². The highest BCUT2D eigenvalue weighted by Crippen LogP contribution is 2.59. The van der Waals surface area contributed by atoms with E-state index in [0.717, 1.165) is 51.4 Å². The van der Waals surface area contributed by atoms with Gasteiger partial charge in [0.1, 0.15) is 0 Å². The summed E-state index contributed by atoms with van der Waals surface area (Å²) in [6.07, 6.45) is 6.15. The van der Waals surface area contributed by atoms with E-state index in [0.29, 0.717) is 49.8 Å². The fourth-order valence-electron chi connectivity index (χ4n) is 9.29. The van der Waals surface area contributed by atoms with Gasteiger partial charge in [-0.2, -0.15) is 0 Å². The Morgan fingerprint density at radius 2 is 1.57 bits per heavy atom. The number of aliphatic hydroxyl groups is 2. The van der Waals surface area contributed by atoms with Crippen LogP contribution in [-0.4, -0.2) is 51.2 Å². The molecular weight excluding hydrogens is 693 g/mol. The lowest BCUT2D eigenvalue weighted by Crippen LogP contribution is -2.55. The number of carbonyl (C=O) groups excluding carboxylic acids is 2. The number of rotatable bonds is 8. The van der Waals surface area contributed by atoms with Gasteiger partial charge in [0, 0.05) is 29.1 Å². The summed E-state index contributed by atoms with van der Waals surface area (Å²) in [4.78, 5) is 30.6. The van der Waals surface area contributed by atoms with E-state index < -0.39 is 17.1 Å². The largest absolute Gasteiger partial charge is 0.393 e. The molecule has 0 aromatic heterocycles. The van der Waals surface area contributed by atoms with Gasteiger partial charge in [0.05, 0.1) is 18.2 Å². The monoisotopic (exact) mass is 748 g/mol. The van der Waals surface area contributed by atoms with Crippen molar-refractivity contribution < 1.29 is 19.8 Å². The maximum absolute atomic E-state index is 14.7. The fourth-order valence-corrected chi connectivity index (χ4v) is 9.29. The molecule has 0 aliphatic heterocycles. The number of aliphatic hydroxyl groups excluding tert-OH is 1. The summed E-state index contributed by atoms with van der Waals surface area (Å²) in [5.41, 5.74) is 5.51. The van der Waals surface area contributed by atoms with E-state index in [2.05, 4.69) is 73.8 Å². The summed E-state index contributed by atoms with van der Waals surface area (Å²) in [6, 6.07) is 38.2. The van der Waals surface area contributed by atoms with Gasteiger partial charge in [-0.25, -0.2) is 4.79 Å². The third-order valence-corrected chi connectivity index (χ3v) is 12.6. The van der Waals surface area contributed by atoms with Crippen molar-refractivity contribution in [2.24, 2.45) is 5.41 Å². The first-order chi connectivity index (χ1) is 26.9. The highest BCUT2D eigenvalue weighted by molar-refractivity contribution is 6.10. The fraction of sp³-hybridized carbons (Fsp3) is 0.360. The average Bonchev–Trinajstić information content (AvgIpc) is 3.45. The van der Waals surface area contributed by atoms with Crippen molar-refractivity contribution in [1.82, 2.24) is 10.2 Å². The first-order valence-electron chi connectivity index (χ1n) is 20.4. The molecule has 2 bridgehead atoms. The minimum Gasteiger partial charge on any atom is -0.393 e. The van der Waals surface area contributed by atoms with Crippen LogP contribution in [0.2, 0.25) is 0 Å². The van der Waals surface area contributed by atoms with Crippen molar-refractivity contribution in [3.05, 3.63) is 155 Å². The highest BCUT2D eigenvalue weighted by atomic mass is 16.3. The first kappa shape index (κ1) is 39.2. The Morgan fingerprint density at radius 1 is 0.857 bits per heavy atom. The summed E-state index contributed by atoms with van der Waals surface area (Å²) in [6.45, 7) is 8.71. The summed E-state index contributed by atoms with van der Waals surface area (Å²) in [7, 11) is 0. The molecule has 3 N–H and O–H groups in total. The summed E-state index contributed by atoms with van der Waals surface area (Å²) < 4.78 is 0. The molecule has 3 aliphatic rings. The van der Waals surface area contributed by atoms with E-state index >= 15 is 0 Å². The number of amides is 2. The van der Waals surface area contributed by atoms with Gasteiger partial charge in [0.2, 0.25) is 0 Å². The van der Waals surface area contributed by atoms with Gasteiger partial charge in [0.25, 0.3) is 0 Å². The summed E-state index contributed by atoms with van der Waals surface area (Å²) >= 11 is 0. The molecule has 0 saturated heterocycles. The minimum atomic E-state index is -1.25. The Labute approximate surface area is 332 Å². The van der Waals surface area contributed by atoms with Crippen molar-refractivity contribution in [2.45, 2.75) is 103 Å². The zero-order valence-electron chi connectivity index (χ0n) is 33.3. The summed E-state index contributed by atoms with van der Waals surface area (Å²) in [5.74, 6) is -0.219. The Bertz CT molecular complexity index is 2200. The number of allylic oxidation sites excluding steroid dienone is 2. The number of fused-ring (bicyclic) bond motifs is 9. The maximum atomic E-state index is 14.7. The third-order valence-electron chi connectivity index (χ3n) is 12.6. The van der Waals surface area contributed by atoms with E-state index in [1.54, 1.807) is 4.90 Å². The molecule has 6 heteroatoms. The quantitative estimate of drug-likeness (QED) is 0.109. The van der Waals surface area contributed by atoms with Crippen molar-refractivity contribution in [3.8, 4) is 11.1 Å². The molecule has 8 rings (SSSR count). The Kier molecular flexibility index (Phi) is 11.6. The van der Waals surface area contributed by atoms with Crippen molar-refractivity contribution in [2.75, 3.05) is 6.54 Å². The second-order valence-corrected chi connectivity index (χ2v) is 16.8. The lowest BCUT2D eigenvalue weighted by atomic mass is 9.64. The molecule has 56 heavy (non-hydrogen) atoms. The van der Waals surface area contributed by atoms with Gasteiger partial charge in [-0.3, -0.25) is 4.79 Å². The van der Waals surface area contributed by atoms with Gasteiger partial charge < -0.3 is 20.4 Å². The molecule has 5 aromatic rings. The van der Waals surface area contributed by atoms with E-state index in [-0.39, 0.29) is 30.3 Å².